The number of pyridine rings is 2. The Morgan fingerprint density at radius 1 is 1.23 bits per heavy atom. The molecule has 1 aliphatic heterocycles. The Morgan fingerprint density at radius 3 is 2.57 bits per heavy atom. The van der Waals surface area contributed by atoms with Crippen LogP contribution in [0.3, 0.4) is 0 Å². The van der Waals surface area contributed by atoms with Crippen LogP contribution in [0.15, 0.2) is 59.9 Å². The topological polar surface area (TPSA) is 133 Å². The van der Waals surface area contributed by atoms with E-state index in [0.29, 0.717) is 42.8 Å². The summed E-state index contributed by atoms with van der Waals surface area (Å²) in [5.74, 6) is 0.875. The highest BCUT2D eigenvalue weighted by atomic mass is 35.5. The minimum absolute atomic E-state index is 0.0796. The van der Waals surface area contributed by atoms with E-state index in [1.54, 1.807) is 30.8 Å². The van der Waals surface area contributed by atoms with Crippen molar-refractivity contribution in [2.45, 2.75) is 49.6 Å². The third kappa shape index (κ3) is 5.85. The summed E-state index contributed by atoms with van der Waals surface area (Å²) in [4.78, 5) is 6.42. The second-order valence-corrected chi connectivity index (χ2v) is 14.6. The Bertz CT molecular complexity index is 1850. The van der Waals surface area contributed by atoms with Crippen LogP contribution >= 0.6 is 11.6 Å². The second-order valence-electron chi connectivity index (χ2n) is 12.6. The average molecular weight is 639 g/mol. The van der Waals surface area contributed by atoms with Crippen molar-refractivity contribution in [3.05, 3.63) is 71.4 Å². The van der Waals surface area contributed by atoms with E-state index in [1.807, 2.05) is 25.1 Å². The zero-order valence-electron chi connectivity index (χ0n) is 24.5. The van der Waals surface area contributed by atoms with Crippen LogP contribution in [0.25, 0.3) is 16.6 Å². The number of halogens is 2. The van der Waals surface area contributed by atoms with Crippen molar-refractivity contribution in [2.75, 3.05) is 24.6 Å². The van der Waals surface area contributed by atoms with Crippen molar-refractivity contribution in [1.29, 1.82) is 5.26 Å². The number of nitrogens with zero attached hydrogens (tertiary/aromatic N) is 5. The van der Waals surface area contributed by atoms with E-state index < -0.39 is 31.9 Å². The first-order valence-corrected chi connectivity index (χ1v) is 16.1. The Morgan fingerprint density at radius 2 is 1.95 bits per heavy atom. The lowest BCUT2D eigenvalue weighted by Gasteiger charge is -2.28. The van der Waals surface area contributed by atoms with Crippen LogP contribution in [-0.2, 0) is 10.0 Å². The number of hydrogen-bond acceptors (Lipinski definition) is 8. The summed E-state index contributed by atoms with van der Waals surface area (Å²) >= 11 is 6.05. The first-order chi connectivity index (χ1) is 20.7. The van der Waals surface area contributed by atoms with Gasteiger partial charge < -0.3 is 14.7 Å². The minimum atomic E-state index is -4.15. The number of sulfonamides is 1. The van der Waals surface area contributed by atoms with Crippen LogP contribution in [0.4, 0.5) is 10.2 Å². The Hall–Kier alpha value is -3.76. The highest BCUT2D eigenvalue weighted by Crippen LogP contribution is 2.45. The highest BCUT2D eigenvalue weighted by Gasteiger charge is 2.49. The summed E-state index contributed by atoms with van der Waals surface area (Å²) in [5, 5.41) is 23.9. The number of nitriles is 1. The Balaban J connectivity index is 1.18. The number of fused-ring (bicyclic) bond motifs is 2. The minimum Gasteiger partial charge on any atom is -0.489 e. The standard InChI is InChI=1S/C31H32ClFN6O4S/c1-30(2,40)18-43-23-9-24(28-22(12-34)14-36-39(28)17-23)19-7-8-27(35-13-19)38-15-20-10-31(3,11-21(20)16-38)37-44(41,42)29-25(32)5-4-6-26(29)33/h4-9,13-14,17,20-21,37,40H,10-11,15-16,18H2,1-3H3/t20-,21+,31+. The van der Waals surface area contributed by atoms with Gasteiger partial charge in [-0.05, 0) is 75.8 Å². The number of benzene rings is 1. The van der Waals surface area contributed by atoms with Gasteiger partial charge in [0.2, 0.25) is 10.0 Å². The van der Waals surface area contributed by atoms with Gasteiger partial charge in [-0.25, -0.2) is 27.0 Å². The fraction of sp³-hybridized carbons (Fsp3) is 0.387. The van der Waals surface area contributed by atoms with Gasteiger partial charge in [-0.1, -0.05) is 17.7 Å². The van der Waals surface area contributed by atoms with Crippen molar-refractivity contribution in [1.82, 2.24) is 19.3 Å². The van der Waals surface area contributed by atoms with Crippen LogP contribution in [0.1, 0.15) is 39.2 Å². The summed E-state index contributed by atoms with van der Waals surface area (Å²) in [6.45, 7) is 6.67. The lowest BCUT2D eigenvalue weighted by molar-refractivity contribution is 0.0283. The van der Waals surface area contributed by atoms with Crippen LogP contribution in [0.5, 0.6) is 5.75 Å². The van der Waals surface area contributed by atoms with E-state index >= 15 is 0 Å². The molecule has 2 aliphatic rings. The van der Waals surface area contributed by atoms with Gasteiger partial charge in [0.1, 0.15) is 35.0 Å². The van der Waals surface area contributed by atoms with Gasteiger partial charge in [-0.2, -0.15) is 10.4 Å². The molecule has 44 heavy (non-hydrogen) atoms. The quantitative estimate of drug-likeness (QED) is 0.281. The molecule has 3 atom stereocenters. The molecule has 4 aromatic rings. The molecule has 0 unspecified atom stereocenters. The number of anilines is 1. The molecule has 1 aromatic carbocycles. The average Bonchev–Trinajstić information content (AvgIpc) is 3.61. The molecule has 6 rings (SSSR count). The molecule has 2 N–H and O–H groups in total. The van der Waals surface area contributed by atoms with E-state index in [9.17, 15) is 23.2 Å². The molecule has 10 nitrogen and oxygen atoms in total. The van der Waals surface area contributed by atoms with E-state index in [1.165, 1.54) is 18.3 Å². The summed E-state index contributed by atoms with van der Waals surface area (Å²) in [7, 11) is -4.15. The highest BCUT2D eigenvalue weighted by molar-refractivity contribution is 7.89. The molecule has 0 bridgehead atoms. The van der Waals surface area contributed by atoms with Crippen molar-refractivity contribution in [2.24, 2.45) is 11.8 Å². The van der Waals surface area contributed by atoms with Gasteiger partial charge in [-0.15, -0.1) is 0 Å². The zero-order valence-corrected chi connectivity index (χ0v) is 26.0. The van der Waals surface area contributed by atoms with Crippen LogP contribution in [0, 0.1) is 29.0 Å². The SMILES string of the molecule is CC(C)(O)COc1cc(-c2ccc(N3C[C@@H]4C[C@@](C)(NS(=O)(=O)c5c(F)cccc5Cl)C[C@@H]4C3)nc2)c2c(C#N)cnn2c1. The van der Waals surface area contributed by atoms with Crippen molar-refractivity contribution >= 4 is 33.0 Å². The van der Waals surface area contributed by atoms with Gasteiger partial charge in [0, 0.05) is 36.0 Å². The van der Waals surface area contributed by atoms with Gasteiger partial charge in [-0.3, -0.25) is 0 Å². The predicted molar refractivity (Wildman–Crippen MR) is 163 cm³/mol. The number of aliphatic hydroxyl groups is 1. The number of aromatic nitrogens is 3. The number of hydrogen-bond donors (Lipinski definition) is 2. The largest absolute Gasteiger partial charge is 0.489 e. The fourth-order valence-corrected chi connectivity index (χ4v) is 8.53. The molecule has 3 aromatic heterocycles. The predicted octanol–water partition coefficient (Wildman–Crippen LogP) is 4.79. The molecular weight excluding hydrogens is 607 g/mol. The zero-order chi connectivity index (χ0) is 31.4. The monoisotopic (exact) mass is 638 g/mol. The first kappa shape index (κ1) is 30.3. The molecule has 13 heteroatoms. The second kappa shape index (κ2) is 11.0. The van der Waals surface area contributed by atoms with E-state index in [4.69, 9.17) is 21.3 Å². The Labute approximate surface area is 260 Å². The van der Waals surface area contributed by atoms with Gasteiger partial charge >= 0.3 is 0 Å². The third-order valence-electron chi connectivity index (χ3n) is 8.25. The van der Waals surface area contributed by atoms with Crippen molar-refractivity contribution in [3.63, 3.8) is 0 Å². The van der Waals surface area contributed by atoms with Gasteiger partial charge in [0.25, 0.3) is 0 Å². The molecule has 230 valence electrons. The lowest BCUT2D eigenvalue weighted by Crippen LogP contribution is -2.45. The van der Waals surface area contributed by atoms with Crippen LogP contribution < -0.4 is 14.4 Å². The maximum absolute atomic E-state index is 14.4. The number of nitrogens with one attached hydrogen (secondary N) is 1. The summed E-state index contributed by atoms with van der Waals surface area (Å²) in [6.07, 6.45) is 6.14. The van der Waals surface area contributed by atoms with Crippen molar-refractivity contribution < 1.29 is 22.7 Å². The fourth-order valence-electron chi connectivity index (χ4n) is 6.50. The molecule has 0 spiro atoms. The van der Waals surface area contributed by atoms with E-state index in [2.05, 4.69) is 20.8 Å². The molecule has 1 saturated heterocycles. The summed E-state index contributed by atoms with van der Waals surface area (Å²) in [6, 6.07) is 11.7. The molecule has 1 aliphatic carbocycles. The van der Waals surface area contributed by atoms with Crippen LogP contribution in [-0.4, -0.2) is 59.0 Å². The van der Waals surface area contributed by atoms with E-state index in [-0.39, 0.29) is 23.5 Å². The van der Waals surface area contributed by atoms with Gasteiger partial charge in [0.15, 0.2) is 0 Å². The molecule has 0 radical (unpaired) electrons. The van der Waals surface area contributed by atoms with Crippen molar-refractivity contribution in [3.8, 4) is 22.9 Å². The molecular formula is C31H32ClFN6O4S. The normalized spacial score (nSPS) is 21.9. The van der Waals surface area contributed by atoms with Gasteiger partial charge in [0.05, 0.1) is 34.1 Å². The molecule has 0 amide bonds. The molecule has 1 saturated carbocycles. The summed E-state index contributed by atoms with van der Waals surface area (Å²) in [5.41, 5.74) is 0.800. The molecule has 2 fully saturated rings. The maximum Gasteiger partial charge on any atom is 0.245 e. The smallest absolute Gasteiger partial charge is 0.245 e. The first-order valence-electron chi connectivity index (χ1n) is 14.2. The Kier molecular flexibility index (Phi) is 7.57. The number of ether oxygens (including phenoxy) is 1. The third-order valence-corrected chi connectivity index (χ3v) is 10.4. The van der Waals surface area contributed by atoms with E-state index in [0.717, 1.165) is 23.0 Å². The van der Waals surface area contributed by atoms with Crippen LogP contribution in [0.2, 0.25) is 5.02 Å². The summed E-state index contributed by atoms with van der Waals surface area (Å²) < 4.78 is 50.7. The number of rotatable bonds is 8. The maximum atomic E-state index is 14.4. The molecule has 4 heterocycles. The lowest BCUT2D eigenvalue weighted by atomic mass is 10.00.